The highest BCUT2D eigenvalue weighted by Crippen LogP contribution is 2.45. The number of nitrogens with two attached hydrogens (primary N) is 1. The van der Waals surface area contributed by atoms with Gasteiger partial charge < -0.3 is 10.6 Å². The fourth-order valence-corrected chi connectivity index (χ4v) is 4.70. The fourth-order valence-electron chi connectivity index (χ4n) is 4.70. The number of hydrogen-bond acceptors (Lipinski definition) is 6. The second-order valence-corrected chi connectivity index (χ2v) is 8.40. The van der Waals surface area contributed by atoms with Crippen LogP contribution in [0.2, 0.25) is 0 Å². The standard InChI is InChI=1S/C25H28FN5O2/c1-4-12-31-15-18(14-20(31)21(32)5-2)25(23(33)30(3)24(27)29-25)17-9-6-8-16(13-17)19-10-7-11-28-22(19)26/h6-11,13-14,18H,4-5,12,15H2,1-3H3,(H2,27,29)/t18?,25-/m0/s1. The molecule has 0 saturated carbocycles. The Morgan fingerprint density at radius 2 is 2.06 bits per heavy atom. The van der Waals surface area contributed by atoms with E-state index in [0.717, 1.165) is 6.42 Å². The minimum absolute atomic E-state index is 0.0306. The van der Waals surface area contributed by atoms with E-state index in [4.69, 9.17) is 5.73 Å². The summed E-state index contributed by atoms with van der Waals surface area (Å²) in [6.07, 6.45) is 4.50. The molecule has 172 valence electrons. The quantitative estimate of drug-likeness (QED) is 0.656. The summed E-state index contributed by atoms with van der Waals surface area (Å²) in [6, 6.07) is 10.4. The largest absolute Gasteiger partial charge is 0.369 e. The number of pyridine rings is 1. The molecule has 1 aromatic heterocycles. The van der Waals surface area contributed by atoms with Crippen LogP contribution in [0.5, 0.6) is 0 Å². The molecule has 0 saturated heterocycles. The molecule has 3 heterocycles. The SMILES string of the molecule is CCCN1CC([C@]2(c3cccc(-c4cccnc4F)c3)N=C(N)N(C)C2=O)C=C1C(=O)CC. The molecule has 0 aliphatic carbocycles. The van der Waals surface area contributed by atoms with Crippen molar-refractivity contribution >= 4 is 17.6 Å². The molecule has 1 unspecified atom stereocenters. The van der Waals surface area contributed by atoms with Gasteiger partial charge in [0, 0.05) is 44.2 Å². The maximum Gasteiger partial charge on any atom is 0.262 e. The highest BCUT2D eigenvalue weighted by molar-refractivity contribution is 6.07. The van der Waals surface area contributed by atoms with E-state index < -0.39 is 17.4 Å². The number of likely N-dealkylation sites (N-methyl/N-ethyl adjacent to an activating group) is 1. The van der Waals surface area contributed by atoms with E-state index in [9.17, 15) is 14.0 Å². The molecule has 2 N–H and O–H groups in total. The Kier molecular flexibility index (Phi) is 6.01. The summed E-state index contributed by atoms with van der Waals surface area (Å²) >= 11 is 0. The molecule has 1 aromatic carbocycles. The van der Waals surface area contributed by atoms with Crippen LogP contribution in [0, 0.1) is 11.9 Å². The number of ketones is 1. The maximum absolute atomic E-state index is 14.4. The van der Waals surface area contributed by atoms with Gasteiger partial charge in [-0.25, -0.2) is 9.98 Å². The first-order valence-electron chi connectivity index (χ1n) is 11.2. The predicted molar refractivity (Wildman–Crippen MR) is 124 cm³/mol. The van der Waals surface area contributed by atoms with Gasteiger partial charge >= 0.3 is 0 Å². The van der Waals surface area contributed by atoms with Crippen LogP contribution in [0.25, 0.3) is 11.1 Å². The Bertz CT molecular complexity index is 1160. The molecule has 4 rings (SSSR count). The van der Waals surface area contributed by atoms with Crippen molar-refractivity contribution in [1.82, 2.24) is 14.8 Å². The number of carbonyl (C=O) groups is 2. The summed E-state index contributed by atoms with van der Waals surface area (Å²) in [4.78, 5) is 38.1. The minimum atomic E-state index is -1.34. The van der Waals surface area contributed by atoms with Crippen LogP contribution in [0.15, 0.2) is 59.4 Å². The van der Waals surface area contributed by atoms with Gasteiger partial charge in [0.15, 0.2) is 17.3 Å². The number of rotatable bonds is 7. The number of amides is 1. The number of halogens is 1. The second-order valence-electron chi connectivity index (χ2n) is 8.40. The Balaban J connectivity index is 1.87. The second kappa shape index (κ2) is 8.77. The molecular weight excluding hydrogens is 421 g/mol. The lowest BCUT2D eigenvalue weighted by atomic mass is 9.77. The van der Waals surface area contributed by atoms with Gasteiger partial charge in [0.25, 0.3) is 5.91 Å². The molecule has 0 bridgehead atoms. The van der Waals surface area contributed by atoms with Gasteiger partial charge in [0.2, 0.25) is 5.95 Å². The molecule has 33 heavy (non-hydrogen) atoms. The van der Waals surface area contributed by atoms with E-state index in [2.05, 4.69) is 9.98 Å². The van der Waals surface area contributed by atoms with Gasteiger partial charge in [0.1, 0.15) is 0 Å². The lowest BCUT2D eigenvalue weighted by Crippen LogP contribution is -2.46. The van der Waals surface area contributed by atoms with Crippen molar-refractivity contribution in [2.24, 2.45) is 16.6 Å². The molecular formula is C25H28FN5O2. The average Bonchev–Trinajstić information content (AvgIpc) is 3.34. The van der Waals surface area contributed by atoms with E-state index in [1.165, 1.54) is 11.1 Å². The smallest absolute Gasteiger partial charge is 0.262 e. The van der Waals surface area contributed by atoms with Crippen molar-refractivity contribution in [1.29, 1.82) is 0 Å². The predicted octanol–water partition coefficient (Wildman–Crippen LogP) is 3.07. The number of hydrogen-bond donors (Lipinski definition) is 1. The zero-order valence-corrected chi connectivity index (χ0v) is 19.1. The van der Waals surface area contributed by atoms with E-state index in [1.807, 2.05) is 30.9 Å². The Morgan fingerprint density at radius 3 is 2.70 bits per heavy atom. The number of benzene rings is 1. The Morgan fingerprint density at radius 1 is 1.27 bits per heavy atom. The third-order valence-corrected chi connectivity index (χ3v) is 6.39. The van der Waals surface area contributed by atoms with Gasteiger partial charge in [-0.1, -0.05) is 32.0 Å². The van der Waals surface area contributed by atoms with Crippen LogP contribution in [0.1, 0.15) is 32.3 Å². The fraction of sp³-hybridized carbons (Fsp3) is 0.360. The number of carbonyl (C=O) groups excluding carboxylic acids is 2. The highest BCUT2D eigenvalue weighted by Gasteiger charge is 2.55. The number of aliphatic imine (C=N–C) groups is 1. The number of nitrogens with zero attached hydrogens (tertiary/aromatic N) is 4. The van der Waals surface area contributed by atoms with Crippen LogP contribution in [0.4, 0.5) is 4.39 Å². The van der Waals surface area contributed by atoms with Crippen LogP contribution >= 0.6 is 0 Å². The van der Waals surface area contributed by atoms with Crippen molar-refractivity contribution in [2.75, 3.05) is 20.1 Å². The number of aromatic nitrogens is 1. The van der Waals surface area contributed by atoms with Gasteiger partial charge in [-0.15, -0.1) is 0 Å². The molecule has 0 fully saturated rings. The van der Waals surface area contributed by atoms with E-state index in [1.54, 1.807) is 37.4 Å². The van der Waals surface area contributed by atoms with Gasteiger partial charge in [-0.2, -0.15) is 4.39 Å². The summed E-state index contributed by atoms with van der Waals surface area (Å²) in [5, 5.41) is 0. The van der Waals surface area contributed by atoms with Gasteiger partial charge in [-0.3, -0.25) is 14.5 Å². The molecule has 7 nitrogen and oxygen atoms in total. The molecule has 2 aromatic rings. The van der Waals surface area contributed by atoms with Crippen molar-refractivity contribution in [3.63, 3.8) is 0 Å². The normalized spacial score (nSPS) is 22.5. The third-order valence-electron chi connectivity index (χ3n) is 6.39. The number of allylic oxidation sites excluding steroid dienone is 1. The highest BCUT2D eigenvalue weighted by atomic mass is 19.1. The van der Waals surface area contributed by atoms with Crippen molar-refractivity contribution in [3.05, 3.63) is 65.9 Å². The van der Waals surface area contributed by atoms with Crippen LogP contribution in [-0.2, 0) is 15.1 Å². The van der Waals surface area contributed by atoms with E-state index in [0.29, 0.717) is 41.9 Å². The monoisotopic (exact) mass is 449 g/mol. The lowest BCUT2D eigenvalue weighted by molar-refractivity contribution is -0.132. The summed E-state index contributed by atoms with van der Waals surface area (Å²) in [5.41, 5.74) is 6.93. The van der Waals surface area contributed by atoms with Crippen LogP contribution in [-0.4, -0.2) is 52.6 Å². The van der Waals surface area contributed by atoms with Crippen LogP contribution < -0.4 is 5.73 Å². The van der Waals surface area contributed by atoms with E-state index in [-0.39, 0.29) is 17.6 Å². The first-order valence-corrected chi connectivity index (χ1v) is 11.2. The van der Waals surface area contributed by atoms with Crippen LogP contribution in [0.3, 0.4) is 0 Å². The molecule has 2 atom stereocenters. The van der Waals surface area contributed by atoms with Gasteiger partial charge in [-0.05, 0) is 41.8 Å². The van der Waals surface area contributed by atoms with Crippen molar-refractivity contribution < 1.29 is 14.0 Å². The molecule has 2 aliphatic heterocycles. The topological polar surface area (TPSA) is 91.9 Å². The maximum atomic E-state index is 14.4. The number of guanidine groups is 1. The first-order chi connectivity index (χ1) is 15.8. The summed E-state index contributed by atoms with van der Waals surface area (Å²) < 4.78 is 14.4. The molecule has 0 spiro atoms. The first kappa shape index (κ1) is 22.6. The zero-order chi connectivity index (χ0) is 23.8. The van der Waals surface area contributed by atoms with Gasteiger partial charge in [0.05, 0.1) is 5.70 Å². The Hall–Kier alpha value is -3.55. The zero-order valence-electron chi connectivity index (χ0n) is 19.1. The van der Waals surface area contributed by atoms with Crippen molar-refractivity contribution in [3.8, 4) is 11.1 Å². The van der Waals surface area contributed by atoms with Crippen molar-refractivity contribution in [2.45, 2.75) is 32.2 Å². The summed E-state index contributed by atoms with van der Waals surface area (Å²) in [6.45, 7) is 5.05. The minimum Gasteiger partial charge on any atom is -0.369 e. The molecule has 8 heteroatoms. The molecule has 1 amide bonds. The lowest BCUT2D eigenvalue weighted by Gasteiger charge is -2.32. The summed E-state index contributed by atoms with van der Waals surface area (Å²) in [7, 11) is 1.59. The summed E-state index contributed by atoms with van der Waals surface area (Å²) in [5.74, 6) is -1.12. The van der Waals surface area contributed by atoms with E-state index >= 15 is 0 Å². The number of Topliss-reactive ketones (excluding diaryl/α,β-unsaturated/α-hetero) is 1. The average molecular weight is 450 g/mol. The third kappa shape index (κ3) is 3.69. The molecule has 0 radical (unpaired) electrons. The molecule has 2 aliphatic rings. The Labute approximate surface area is 192 Å².